The maximum Gasteiger partial charge on any atom is 0.179 e. The lowest BCUT2D eigenvalue weighted by atomic mass is 9.88. The number of nitrogens with zero attached hydrogens (tertiary/aromatic N) is 5. The number of aromatic nitrogens is 5. The molecule has 6 nitrogen and oxygen atoms in total. The Morgan fingerprint density at radius 2 is 2.00 bits per heavy atom. The average molecular weight is 418 g/mol. The van der Waals surface area contributed by atoms with E-state index in [0.717, 1.165) is 35.5 Å². The molecule has 0 N–H and O–H groups in total. The van der Waals surface area contributed by atoms with Gasteiger partial charge in [-0.25, -0.2) is 19.3 Å². The van der Waals surface area contributed by atoms with Crippen molar-refractivity contribution in [2.24, 2.45) is 7.05 Å². The van der Waals surface area contributed by atoms with E-state index in [9.17, 15) is 4.39 Å². The van der Waals surface area contributed by atoms with E-state index >= 15 is 0 Å². The average Bonchev–Trinajstić information content (AvgIpc) is 3.21. The number of pyridine rings is 1. The van der Waals surface area contributed by atoms with Gasteiger partial charge < -0.3 is 4.74 Å². The highest BCUT2D eigenvalue weighted by atomic mass is 19.1. The summed E-state index contributed by atoms with van der Waals surface area (Å²) in [5, 5.41) is 4.26. The zero-order chi connectivity index (χ0) is 22.4. The zero-order valence-corrected chi connectivity index (χ0v) is 17.8. The van der Waals surface area contributed by atoms with Gasteiger partial charge >= 0.3 is 0 Å². The maximum atomic E-state index is 14.9. The molecule has 0 amide bonds. The lowest BCUT2D eigenvalue weighted by molar-refractivity contribution is 0.00465. The van der Waals surface area contributed by atoms with Crippen LogP contribution in [0.4, 0.5) is 4.39 Å². The third kappa shape index (κ3) is 3.70. The molecule has 4 aromatic rings. The van der Waals surface area contributed by atoms with Crippen LogP contribution in [0.25, 0.3) is 22.3 Å². The first-order valence-corrected chi connectivity index (χ1v) is 10.4. The summed E-state index contributed by atoms with van der Waals surface area (Å²) in [6, 6.07) is 6.51. The van der Waals surface area contributed by atoms with E-state index in [2.05, 4.69) is 10.1 Å². The Kier molecular flexibility index (Phi) is 4.68. The molecule has 4 heterocycles. The van der Waals surface area contributed by atoms with Crippen LogP contribution in [-0.4, -0.2) is 31.3 Å². The highest BCUT2D eigenvalue weighted by Crippen LogP contribution is 2.39. The molecule has 1 fully saturated rings. The number of halogens is 1. The van der Waals surface area contributed by atoms with Gasteiger partial charge in [-0.15, -0.1) is 0 Å². The highest BCUT2D eigenvalue weighted by Gasteiger charge is 2.28. The fourth-order valence-electron chi connectivity index (χ4n) is 4.17. The Bertz CT molecular complexity index is 1320. The summed E-state index contributed by atoms with van der Waals surface area (Å²) < 4.78 is 30.4. The molecule has 0 saturated carbocycles. The minimum absolute atomic E-state index is 0.0615. The van der Waals surface area contributed by atoms with Gasteiger partial charge in [-0.1, -0.05) is 18.2 Å². The normalized spacial score (nSPS) is 19.5. The van der Waals surface area contributed by atoms with E-state index in [-0.39, 0.29) is 18.1 Å². The summed E-state index contributed by atoms with van der Waals surface area (Å²) >= 11 is 0. The van der Waals surface area contributed by atoms with Crippen molar-refractivity contribution in [2.75, 3.05) is 6.61 Å². The maximum absolute atomic E-state index is 14.9. The van der Waals surface area contributed by atoms with Crippen LogP contribution in [0.5, 0.6) is 0 Å². The summed E-state index contributed by atoms with van der Waals surface area (Å²) in [6.45, 7) is 4.40. The molecule has 2 atom stereocenters. The van der Waals surface area contributed by atoms with Crippen LogP contribution in [0.3, 0.4) is 0 Å². The Labute approximate surface area is 181 Å². The van der Waals surface area contributed by atoms with E-state index in [1.54, 1.807) is 16.8 Å². The molecule has 0 aliphatic carbocycles. The van der Waals surface area contributed by atoms with Crippen LogP contribution in [0.2, 0.25) is 0 Å². The zero-order valence-electron chi connectivity index (χ0n) is 18.8. The fourth-order valence-corrected chi connectivity index (χ4v) is 4.17. The predicted molar refractivity (Wildman–Crippen MR) is 116 cm³/mol. The lowest BCUT2D eigenvalue weighted by Crippen LogP contribution is -2.19. The van der Waals surface area contributed by atoms with Crippen LogP contribution in [-0.2, 0) is 11.8 Å². The summed E-state index contributed by atoms with van der Waals surface area (Å²) in [5.74, 6) is -0.310. The van der Waals surface area contributed by atoms with Crippen molar-refractivity contribution in [3.05, 3.63) is 71.2 Å². The molecule has 1 aromatic carbocycles. The molecular formula is C24H24FN5O. The van der Waals surface area contributed by atoms with E-state index < -0.39 is 5.82 Å². The van der Waals surface area contributed by atoms with Crippen LogP contribution in [0.1, 0.15) is 48.9 Å². The second-order valence-electron chi connectivity index (χ2n) is 8.10. The van der Waals surface area contributed by atoms with E-state index in [0.29, 0.717) is 28.9 Å². The number of fused-ring (bicyclic) bond motifs is 1. The number of ether oxygens (including phenoxy) is 1. The lowest BCUT2D eigenvalue weighted by Gasteiger charge is -2.29. The molecule has 3 aromatic heterocycles. The molecule has 1 saturated heterocycles. The Hall–Kier alpha value is -3.19. The molecule has 31 heavy (non-hydrogen) atoms. The van der Waals surface area contributed by atoms with Crippen LogP contribution in [0, 0.1) is 19.7 Å². The first-order chi connectivity index (χ1) is 15.4. The number of rotatable bonds is 3. The van der Waals surface area contributed by atoms with Gasteiger partial charge in [-0.05, 0) is 38.8 Å². The molecule has 5 rings (SSSR count). The first kappa shape index (κ1) is 18.6. The molecule has 0 spiro atoms. The van der Waals surface area contributed by atoms with Gasteiger partial charge in [0, 0.05) is 48.2 Å². The monoisotopic (exact) mass is 418 g/mol. The summed E-state index contributed by atoms with van der Waals surface area (Å²) in [4.78, 5) is 14.2. The highest BCUT2D eigenvalue weighted by molar-refractivity contribution is 5.90. The minimum atomic E-state index is -0.448. The molecule has 0 radical (unpaired) electrons. The van der Waals surface area contributed by atoms with Gasteiger partial charge in [0.15, 0.2) is 5.65 Å². The van der Waals surface area contributed by atoms with Crippen molar-refractivity contribution in [1.29, 1.82) is 0 Å². The molecule has 7 heteroatoms. The van der Waals surface area contributed by atoms with Crippen molar-refractivity contribution >= 4 is 11.2 Å². The van der Waals surface area contributed by atoms with Gasteiger partial charge in [0.05, 0.1) is 25.1 Å². The summed E-state index contributed by atoms with van der Waals surface area (Å²) in [5.41, 5.74) is 5.64. The topological polar surface area (TPSA) is 65.7 Å². The number of benzene rings is 1. The number of hydrogen-bond acceptors (Lipinski definition) is 5. The van der Waals surface area contributed by atoms with Gasteiger partial charge in [0.1, 0.15) is 11.3 Å². The summed E-state index contributed by atoms with van der Waals surface area (Å²) in [6.07, 6.45) is 5.33. The number of aryl methyl sites for hydroxylation is 3. The van der Waals surface area contributed by atoms with Crippen LogP contribution < -0.4 is 0 Å². The minimum Gasteiger partial charge on any atom is -0.373 e. The van der Waals surface area contributed by atoms with E-state index in [4.69, 9.17) is 16.1 Å². The molecule has 1 aliphatic rings. The molecule has 0 unspecified atom stereocenters. The van der Waals surface area contributed by atoms with Crippen molar-refractivity contribution in [3.63, 3.8) is 0 Å². The van der Waals surface area contributed by atoms with Gasteiger partial charge in [-0.2, -0.15) is 5.10 Å². The van der Waals surface area contributed by atoms with Crippen molar-refractivity contribution in [3.8, 4) is 11.1 Å². The smallest absolute Gasteiger partial charge is 0.179 e. The van der Waals surface area contributed by atoms with Crippen molar-refractivity contribution in [2.45, 2.75) is 38.7 Å². The van der Waals surface area contributed by atoms with Gasteiger partial charge in [0.2, 0.25) is 0 Å². The van der Waals surface area contributed by atoms with Crippen molar-refractivity contribution < 1.29 is 10.5 Å². The molecule has 158 valence electrons. The Morgan fingerprint density at radius 3 is 2.77 bits per heavy atom. The van der Waals surface area contributed by atoms with Crippen LogP contribution >= 0.6 is 0 Å². The number of hydrogen-bond donors (Lipinski definition) is 0. The fraction of sp³-hybridized carbons (Fsp3) is 0.333. The predicted octanol–water partition coefficient (Wildman–Crippen LogP) is 4.82. The third-order valence-corrected chi connectivity index (χ3v) is 5.97. The Balaban J connectivity index is 1.62. The Morgan fingerprint density at radius 1 is 1.16 bits per heavy atom. The molecule has 0 bridgehead atoms. The van der Waals surface area contributed by atoms with Gasteiger partial charge in [-0.3, -0.25) is 4.68 Å². The van der Waals surface area contributed by atoms with Crippen LogP contribution in [0.15, 0.2) is 42.7 Å². The second-order valence-corrected chi connectivity index (χ2v) is 8.10. The largest absolute Gasteiger partial charge is 0.373 e. The van der Waals surface area contributed by atoms with E-state index in [1.807, 2.05) is 39.4 Å². The SMILES string of the molecule is [2H]c1ccc(-c2cc([C@@H]3CCO[C@H](c4cnn(C)c4)C3)nc3nc(C)c(C)nc23)c(F)c1. The molecular weight excluding hydrogens is 393 g/mol. The third-order valence-electron chi connectivity index (χ3n) is 5.97. The van der Waals surface area contributed by atoms with E-state index in [1.165, 1.54) is 6.07 Å². The molecule has 1 aliphatic heterocycles. The van der Waals surface area contributed by atoms with Gasteiger partial charge in [0.25, 0.3) is 0 Å². The van der Waals surface area contributed by atoms with Crippen molar-refractivity contribution in [1.82, 2.24) is 24.7 Å². The summed E-state index contributed by atoms with van der Waals surface area (Å²) in [7, 11) is 1.89. The second kappa shape index (κ2) is 7.81. The quantitative estimate of drug-likeness (QED) is 0.477. The standard InChI is InChI=1S/C24H24FN5O/c1-14-15(2)28-24-23(27-14)19(18-6-4-5-7-20(18)25)11-21(29-24)16-8-9-31-22(10-16)17-12-26-30(3)13-17/h4-7,11-13,16,22H,8-10H2,1-3H3/t16-,22+/m1/s1/i5D. The first-order valence-electron chi connectivity index (χ1n) is 10.9.